The first kappa shape index (κ1) is 13.9. The second kappa shape index (κ2) is 5.61. The third kappa shape index (κ3) is 3.06. The number of nitrogens with one attached hydrogen (secondary N) is 1. The molecule has 1 heterocycles. The molecule has 1 amide bonds. The molecule has 5 nitrogen and oxygen atoms in total. The van der Waals surface area contributed by atoms with Crippen LogP contribution in [0.3, 0.4) is 0 Å². The van der Waals surface area contributed by atoms with Crippen LogP contribution in [0.4, 0.5) is 0 Å². The highest BCUT2D eigenvalue weighted by molar-refractivity contribution is 5.93. The van der Waals surface area contributed by atoms with E-state index >= 15 is 0 Å². The molecule has 0 unspecified atom stereocenters. The maximum atomic E-state index is 12.2. The molecule has 2 N–H and O–H groups in total. The van der Waals surface area contributed by atoms with E-state index in [1.165, 1.54) is 17.2 Å². The van der Waals surface area contributed by atoms with E-state index in [4.69, 9.17) is 0 Å². The Morgan fingerprint density at radius 3 is 2.75 bits per heavy atom. The molecule has 1 aromatic heterocycles. The maximum absolute atomic E-state index is 12.2. The van der Waals surface area contributed by atoms with Crippen LogP contribution in [0.15, 0.2) is 41.3 Å². The minimum atomic E-state index is -0.352. The summed E-state index contributed by atoms with van der Waals surface area (Å²) in [6.45, 7) is 2.08. The van der Waals surface area contributed by atoms with Gasteiger partial charge in [-0.25, -0.2) is 0 Å². The summed E-state index contributed by atoms with van der Waals surface area (Å²) in [4.78, 5) is 28.3. The second-order valence-corrected chi connectivity index (χ2v) is 4.73. The number of carbonyl (C=O) groups excluding carboxylic acids is 1. The second-order valence-electron chi connectivity index (χ2n) is 4.73. The molecule has 0 saturated carbocycles. The number of aromatic amines is 1. The van der Waals surface area contributed by atoms with Crippen molar-refractivity contribution in [3.63, 3.8) is 0 Å². The Hall–Kier alpha value is -2.56. The van der Waals surface area contributed by atoms with Gasteiger partial charge >= 0.3 is 0 Å². The molecule has 0 radical (unpaired) electrons. The highest BCUT2D eigenvalue weighted by Crippen LogP contribution is 2.13. The minimum absolute atomic E-state index is 0.109. The number of carbonyl (C=O) groups is 1. The number of hydrogen-bond acceptors (Lipinski definition) is 3. The first-order valence-electron chi connectivity index (χ1n) is 6.20. The lowest BCUT2D eigenvalue weighted by atomic mass is 10.2. The number of nitrogens with zero attached hydrogens (tertiary/aromatic N) is 1. The van der Waals surface area contributed by atoms with Gasteiger partial charge in [-0.2, -0.15) is 0 Å². The third-order valence-electron chi connectivity index (χ3n) is 2.96. The maximum Gasteiger partial charge on any atom is 0.259 e. The smallest absolute Gasteiger partial charge is 0.259 e. The summed E-state index contributed by atoms with van der Waals surface area (Å²) >= 11 is 0. The van der Waals surface area contributed by atoms with Crippen LogP contribution in [0.5, 0.6) is 5.75 Å². The third-order valence-corrected chi connectivity index (χ3v) is 2.96. The van der Waals surface area contributed by atoms with Crippen molar-refractivity contribution in [1.82, 2.24) is 9.88 Å². The van der Waals surface area contributed by atoms with Crippen molar-refractivity contribution in [2.45, 2.75) is 13.5 Å². The Bertz CT molecular complexity index is 692. The highest BCUT2D eigenvalue weighted by Gasteiger charge is 2.15. The first-order chi connectivity index (χ1) is 9.47. The van der Waals surface area contributed by atoms with Gasteiger partial charge in [-0.3, -0.25) is 9.59 Å². The Labute approximate surface area is 116 Å². The predicted molar refractivity (Wildman–Crippen MR) is 75.7 cm³/mol. The van der Waals surface area contributed by atoms with Gasteiger partial charge in [-0.05, 0) is 24.6 Å². The number of H-pyrrole nitrogens is 1. The molecule has 0 atom stereocenters. The van der Waals surface area contributed by atoms with Crippen molar-refractivity contribution < 1.29 is 9.90 Å². The largest absolute Gasteiger partial charge is 0.508 e. The normalized spacial score (nSPS) is 10.3. The standard InChI is InChI=1S/C15H16N2O3/c1-10-6-14(19)13(8-16-10)15(20)17(2)9-11-4-3-5-12(18)7-11/h3-8,18H,9H2,1-2H3,(H,16,19). The van der Waals surface area contributed by atoms with Crippen LogP contribution >= 0.6 is 0 Å². The molecule has 104 valence electrons. The molecule has 5 heteroatoms. The van der Waals surface area contributed by atoms with Gasteiger partial charge in [0.25, 0.3) is 5.91 Å². The van der Waals surface area contributed by atoms with Crippen LogP contribution in [0.1, 0.15) is 21.6 Å². The molecular weight excluding hydrogens is 256 g/mol. The van der Waals surface area contributed by atoms with E-state index in [0.29, 0.717) is 12.2 Å². The van der Waals surface area contributed by atoms with Crippen molar-refractivity contribution in [1.29, 1.82) is 0 Å². The minimum Gasteiger partial charge on any atom is -0.508 e. The monoisotopic (exact) mass is 272 g/mol. The Kier molecular flexibility index (Phi) is 3.89. The van der Waals surface area contributed by atoms with Crippen molar-refractivity contribution >= 4 is 5.91 Å². The number of aromatic hydroxyl groups is 1. The van der Waals surface area contributed by atoms with Crippen LogP contribution in [0.25, 0.3) is 0 Å². The Balaban J connectivity index is 2.18. The van der Waals surface area contributed by atoms with Gasteiger partial charge in [0, 0.05) is 31.5 Å². The van der Waals surface area contributed by atoms with E-state index in [9.17, 15) is 14.7 Å². The molecule has 0 spiro atoms. The summed E-state index contributed by atoms with van der Waals surface area (Å²) in [5.74, 6) is -0.203. The average molecular weight is 272 g/mol. The highest BCUT2D eigenvalue weighted by atomic mass is 16.3. The molecule has 20 heavy (non-hydrogen) atoms. The molecule has 0 aliphatic heterocycles. The number of phenols is 1. The van der Waals surface area contributed by atoms with E-state index in [1.54, 1.807) is 32.2 Å². The number of aromatic nitrogens is 1. The summed E-state index contributed by atoms with van der Waals surface area (Å²) in [7, 11) is 1.62. The number of amides is 1. The zero-order valence-electron chi connectivity index (χ0n) is 11.4. The summed E-state index contributed by atoms with van der Waals surface area (Å²) in [6, 6.07) is 8.07. The van der Waals surface area contributed by atoms with Crippen LogP contribution in [-0.2, 0) is 6.54 Å². The lowest BCUT2D eigenvalue weighted by Gasteiger charge is -2.17. The van der Waals surface area contributed by atoms with E-state index in [0.717, 1.165) is 5.56 Å². The molecule has 1 aromatic carbocycles. The van der Waals surface area contributed by atoms with E-state index in [-0.39, 0.29) is 22.6 Å². The van der Waals surface area contributed by atoms with E-state index in [1.807, 2.05) is 6.07 Å². The molecule has 0 aliphatic rings. The van der Waals surface area contributed by atoms with Crippen LogP contribution < -0.4 is 5.43 Å². The molecule has 0 fully saturated rings. The molecular formula is C15H16N2O3. The number of pyridine rings is 1. The zero-order chi connectivity index (χ0) is 14.7. The van der Waals surface area contributed by atoms with Crippen LogP contribution in [-0.4, -0.2) is 27.9 Å². The molecule has 0 saturated heterocycles. The lowest BCUT2D eigenvalue weighted by molar-refractivity contribution is 0.0783. The fourth-order valence-corrected chi connectivity index (χ4v) is 1.95. The number of hydrogen-bond donors (Lipinski definition) is 2. The molecule has 0 bridgehead atoms. The van der Waals surface area contributed by atoms with Crippen molar-refractivity contribution in [3.8, 4) is 5.75 Å². The first-order valence-corrected chi connectivity index (χ1v) is 6.20. The molecule has 0 aliphatic carbocycles. The average Bonchev–Trinajstić information content (AvgIpc) is 2.38. The topological polar surface area (TPSA) is 73.4 Å². The zero-order valence-corrected chi connectivity index (χ0v) is 11.4. The number of rotatable bonds is 3. The predicted octanol–water partition coefficient (Wildman–Crippen LogP) is 1.66. The van der Waals surface area contributed by atoms with Crippen molar-refractivity contribution in [2.24, 2.45) is 0 Å². The van der Waals surface area contributed by atoms with E-state index < -0.39 is 0 Å². The van der Waals surface area contributed by atoms with Gasteiger partial charge in [0.2, 0.25) is 0 Å². The van der Waals surface area contributed by atoms with E-state index in [2.05, 4.69) is 4.98 Å². The SMILES string of the molecule is Cc1cc(=O)c(C(=O)N(C)Cc2cccc(O)c2)c[nH]1. The van der Waals surface area contributed by atoms with Gasteiger partial charge in [-0.1, -0.05) is 12.1 Å². The lowest BCUT2D eigenvalue weighted by Crippen LogP contribution is -2.30. The van der Waals surface area contributed by atoms with Gasteiger partial charge in [0.05, 0.1) is 0 Å². The Morgan fingerprint density at radius 2 is 2.10 bits per heavy atom. The number of phenolic OH excluding ortho intramolecular Hbond substituents is 1. The van der Waals surface area contributed by atoms with Gasteiger partial charge < -0.3 is 15.0 Å². The van der Waals surface area contributed by atoms with Crippen LogP contribution in [0, 0.1) is 6.92 Å². The van der Waals surface area contributed by atoms with Crippen LogP contribution in [0.2, 0.25) is 0 Å². The number of aryl methyl sites for hydroxylation is 1. The summed E-state index contributed by atoms with van der Waals surface area (Å²) < 4.78 is 0. The van der Waals surface area contributed by atoms with Crippen molar-refractivity contribution in [2.75, 3.05) is 7.05 Å². The molecule has 2 aromatic rings. The number of benzene rings is 1. The molecule has 2 rings (SSSR count). The Morgan fingerprint density at radius 1 is 1.35 bits per heavy atom. The fraction of sp³-hybridized carbons (Fsp3) is 0.200. The van der Waals surface area contributed by atoms with Crippen molar-refractivity contribution in [3.05, 3.63) is 63.6 Å². The summed E-state index contributed by atoms with van der Waals surface area (Å²) in [5.41, 5.74) is 1.32. The quantitative estimate of drug-likeness (QED) is 0.892. The van der Waals surface area contributed by atoms with Gasteiger partial charge in [-0.15, -0.1) is 0 Å². The summed E-state index contributed by atoms with van der Waals surface area (Å²) in [6.07, 6.45) is 1.43. The summed E-state index contributed by atoms with van der Waals surface area (Å²) in [5, 5.41) is 9.40. The fourth-order valence-electron chi connectivity index (χ4n) is 1.95. The van der Waals surface area contributed by atoms with Gasteiger partial charge in [0.15, 0.2) is 5.43 Å². The van der Waals surface area contributed by atoms with Gasteiger partial charge in [0.1, 0.15) is 11.3 Å².